The molecule has 0 unspecified atom stereocenters. The highest BCUT2D eigenvalue weighted by atomic mass is 32.1. The molecule has 1 fully saturated rings. The van der Waals surface area contributed by atoms with Gasteiger partial charge in [-0.1, -0.05) is 17.6 Å². The number of benzene rings is 1. The molecule has 1 aliphatic rings. The van der Waals surface area contributed by atoms with Gasteiger partial charge in [0.1, 0.15) is 7.85 Å². The van der Waals surface area contributed by atoms with E-state index in [0.29, 0.717) is 0 Å². The Bertz CT molecular complexity index is 323. The van der Waals surface area contributed by atoms with Gasteiger partial charge in [0.05, 0.1) is 0 Å². The molecule has 2 rings (SSSR count). The fourth-order valence-corrected chi connectivity index (χ4v) is 1.48. The summed E-state index contributed by atoms with van der Waals surface area (Å²) in [5.41, 5.74) is 2.21. The molecule has 0 amide bonds. The summed E-state index contributed by atoms with van der Waals surface area (Å²) < 4.78 is 10.7. The summed E-state index contributed by atoms with van der Waals surface area (Å²) in [5, 5.41) is 0. The summed E-state index contributed by atoms with van der Waals surface area (Å²) >= 11 is 4.30. The van der Waals surface area contributed by atoms with Crippen LogP contribution in [-0.4, -0.2) is 14.1 Å². The molecule has 0 saturated carbocycles. The summed E-state index contributed by atoms with van der Waals surface area (Å²) in [4.78, 5) is 0.996. The van der Waals surface area contributed by atoms with Gasteiger partial charge in [-0.3, -0.25) is 0 Å². The number of rotatable bonds is 1. The van der Waals surface area contributed by atoms with Gasteiger partial charge in [-0.25, -0.2) is 0 Å². The van der Waals surface area contributed by atoms with E-state index in [0.717, 1.165) is 15.9 Å². The van der Waals surface area contributed by atoms with Crippen LogP contribution in [0.25, 0.3) is 0 Å². The van der Waals surface area contributed by atoms with Crippen LogP contribution in [-0.2, 0) is 9.47 Å². The van der Waals surface area contributed by atoms with Gasteiger partial charge < -0.3 is 9.47 Å². The monoisotopic (exact) mass is 194 g/mol. The van der Waals surface area contributed by atoms with E-state index in [-0.39, 0.29) is 12.6 Å². The molecule has 1 saturated heterocycles. The molecular weight excluding hydrogens is 183 g/mol. The van der Waals surface area contributed by atoms with Gasteiger partial charge in [0.25, 0.3) is 0 Å². The highest BCUT2D eigenvalue weighted by Crippen LogP contribution is 2.30. The van der Waals surface area contributed by atoms with Crippen molar-refractivity contribution in [1.82, 2.24) is 0 Å². The van der Waals surface area contributed by atoms with Crippen molar-refractivity contribution in [3.8, 4) is 0 Å². The van der Waals surface area contributed by atoms with Crippen LogP contribution >= 0.6 is 12.6 Å². The lowest BCUT2D eigenvalue weighted by atomic mass is 9.94. The predicted octanol–water partition coefficient (Wildman–Crippen LogP) is 0.625. The van der Waals surface area contributed by atoms with E-state index in [4.69, 9.17) is 9.47 Å². The molecule has 4 heteroatoms. The van der Waals surface area contributed by atoms with E-state index in [9.17, 15) is 0 Å². The third-order valence-corrected chi connectivity index (χ3v) is 2.63. The Labute approximate surface area is 84.1 Å². The maximum atomic E-state index is 5.37. The average molecular weight is 194 g/mol. The van der Waals surface area contributed by atoms with Crippen LogP contribution in [0.5, 0.6) is 0 Å². The summed E-state index contributed by atoms with van der Waals surface area (Å²) in [5.74, 6) is 0. The number of hydrogen-bond acceptors (Lipinski definition) is 3. The normalized spacial score (nSPS) is 26.9. The van der Waals surface area contributed by atoms with E-state index in [2.05, 4.69) is 12.6 Å². The Morgan fingerprint density at radius 3 is 2.62 bits per heavy atom. The van der Waals surface area contributed by atoms with Crippen molar-refractivity contribution >= 4 is 25.9 Å². The van der Waals surface area contributed by atoms with E-state index in [1.807, 2.05) is 33.0 Å². The van der Waals surface area contributed by atoms with Crippen molar-refractivity contribution < 1.29 is 9.47 Å². The molecule has 0 spiro atoms. The van der Waals surface area contributed by atoms with Crippen LogP contribution in [0.1, 0.15) is 18.8 Å². The molecule has 0 bridgehead atoms. The fraction of sp³-hybridized carbons (Fsp3) is 0.333. The van der Waals surface area contributed by atoms with Gasteiger partial charge in [-0.15, -0.1) is 12.6 Å². The first kappa shape index (κ1) is 9.12. The van der Waals surface area contributed by atoms with Crippen molar-refractivity contribution in [3.63, 3.8) is 0 Å². The lowest BCUT2D eigenvalue weighted by molar-refractivity contribution is -0.382. The maximum Gasteiger partial charge on any atom is 0.189 e. The van der Waals surface area contributed by atoms with Gasteiger partial charge in [0.15, 0.2) is 12.6 Å². The summed E-state index contributed by atoms with van der Waals surface area (Å²) in [6.45, 7) is 1.89. The summed E-state index contributed by atoms with van der Waals surface area (Å²) in [6, 6.07) is 5.98. The standard InChI is InChI=1S/C9H11BO2S/c1-5-11-9(12-5)6-2-3-8(13)7(10)4-6/h2-5,9,13H,10H2,1H3. The zero-order valence-corrected chi connectivity index (χ0v) is 8.54. The summed E-state index contributed by atoms with van der Waals surface area (Å²) in [6.07, 6.45) is -0.247. The minimum atomic E-state index is -0.178. The predicted molar refractivity (Wildman–Crippen MR) is 56.2 cm³/mol. The molecule has 0 radical (unpaired) electrons. The van der Waals surface area contributed by atoms with Crippen molar-refractivity contribution in [1.29, 1.82) is 0 Å². The van der Waals surface area contributed by atoms with Crippen molar-refractivity contribution in [3.05, 3.63) is 23.8 Å². The number of hydrogen-bond donors (Lipinski definition) is 1. The Morgan fingerprint density at radius 2 is 2.08 bits per heavy atom. The molecule has 2 nitrogen and oxygen atoms in total. The zero-order valence-electron chi connectivity index (χ0n) is 7.65. The average Bonchev–Trinajstić information content (AvgIpc) is 2.05. The molecule has 1 aromatic carbocycles. The van der Waals surface area contributed by atoms with Crippen molar-refractivity contribution in [2.24, 2.45) is 0 Å². The first-order valence-corrected chi connectivity index (χ1v) is 4.72. The minimum Gasteiger partial charge on any atom is -0.320 e. The van der Waals surface area contributed by atoms with Crippen molar-refractivity contribution in [2.75, 3.05) is 0 Å². The molecular formula is C9H11BO2S. The van der Waals surface area contributed by atoms with E-state index >= 15 is 0 Å². The van der Waals surface area contributed by atoms with Gasteiger partial charge in [-0.05, 0) is 17.9 Å². The van der Waals surface area contributed by atoms with E-state index < -0.39 is 0 Å². The molecule has 0 aromatic heterocycles. The second-order valence-corrected chi connectivity index (χ2v) is 3.70. The molecule has 0 atom stereocenters. The van der Waals surface area contributed by atoms with Crippen LogP contribution in [0, 0.1) is 0 Å². The van der Waals surface area contributed by atoms with Crippen molar-refractivity contribution in [2.45, 2.75) is 24.4 Å². The van der Waals surface area contributed by atoms with Gasteiger partial charge in [0.2, 0.25) is 0 Å². The Balaban J connectivity index is 2.18. The Kier molecular flexibility index (Phi) is 2.36. The number of thiol groups is 1. The summed E-state index contributed by atoms with van der Waals surface area (Å²) in [7, 11) is 2.02. The van der Waals surface area contributed by atoms with Crippen LogP contribution in [0.2, 0.25) is 0 Å². The second-order valence-electron chi connectivity index (χ2n) is 3.22. The third-order valence-electron chi connectivity index (χ3n) is 2.12. The molecule has 68 valence electrons. The first-order valence-electron chi connectivity index (χ1n) is 4.27. The Morgan fingerprint density at radius 1 is 1.38 bits per heavy atom. The van der Waals surface area contributed by atoms with E-state index in [1.54, 1.807) is 0 Å². The van der Waals surface area contributed by atoms with Gasteiger partial charge >= 0.3 is 0 Å². The lowest BCUT2D eigenvalue weighted by Gasteiger charge is -2.34. The third kappa shape index (κ3) is 1.75. The number of ether oxygens (including phenoxy) is 2. The molecule has 1 aliphatic heterocycles. The van der Waals surface area contributed by atoms with E-state index in [1.165, 1.54) is 0 Å². The van der Waals surface area contributed by atoms with Gasteiger partial charge in [-0.2, -0.15) is 0 Å². The van der Waals surface area contributed by atoms with Gasteiger partial charge in [0, 0.05) is 5.56 Å². The largest absolute Gasteiger partial charge is 0.320 e. The van der Waals surface area contributed by atoms with Crippen LogP contribution in [0.15, 0.2) is 23.1 Å². The molecule has 0 N–H and O–H groups in total. The minimum absolute atomic E-state index is 0.0685. The highest BCUT2D eigenvalue weighted by Gasteiger charge is 2.28. The van der Waals surface area contributed by atoms with Crippen LogP contribution < -0.4 is 5.46 Å². The lowest BCUT2D eigenvalue weighted by Crippen LogP contribution is -2.32. The quantitative estimate of drug-likeness (QED) is 0.522. The molecule has 0 aliphatic carbocycles. The van der Waals surface area contributed by atoms with Crippen LogP contribution in [0.3, 0.4) is 0 Å². The highest BCUT2D eigenvalue weighted by molar-refractivity contribution is 7.80. The smallest absolute Gasteiger partial charge is 0.189 e. The zero-order chi connectivity index (χ0) is 9.42. The maximum absolute atomic E-state index is 5.37. The first-order chi connectivity index (χ1) is 6.16. The Hall–Kier alpha value is -0.445. The molecule has 1 heterocycles. The fourth-order valence-electron chi connectivity index (χ4n) is 1.34. The second kappa shape index (κ2) is 3.37. The SMILES string of the molecule is Bc1cc(C2OC(C)O2)ccc1S. The topological polar surface area (TPSA) is 18.5 Å². The van der Waals surface area contributed by atoms with Crippen LogP contribution in [0.4, 0.5) is 0 Å². The molecule has 13 heavy (non-hydrogen) atoms. The molecule has 1 aromatic rings.